The van der Waals surface area contributed by atoms with Crippen LogP contribution in [0.2, 0.25) is 0 Å². The molecule has 0 spiro atoms. The molecule has 0 fully saturated rings. The molecule has 1 aromatic heterocycles. The van der Waals surface area contributed by atoms with Crippen molar-refractivity contribution < 1.29 is 9.47 Å². The zero-order valence-electron chi connectivity index (χ0n) is 13.0. The first kappa shape index (κ1) is 15.1. The van der Waals surface area contributed by atoms with E-state index in [1.165, 1.54) is 21.8 Å². The van der Waals surface area contributed by atoms with Crippen LogP contribution in [0, 0.1) is 0 Å². The topological polar surface area (TPSA) is 23.4 Å². The molecule has 3 nitrogen and oxygen atoms in total. The Morgan fingerprint density at radius 1 is 0.864 bits per heavy atom. The molecule has 0 atom stereocenters. The summed E-state index contributed by atoms with van der Waals surface area (Å²) in [6.45, 7) is 0.999. The van der Waals surface area contributed by atoms with E-state index in [0.717, 1.165) is 36.6 Å². The Morgan fingerprint density at radius 2 is 1.41 bits per heavy atom. The van der Waals surface area contributed by atoms with Crippen LogP contribution in [0.25, 0.3) is 21.8 Å². The number of aromatic nitrogens is 1. The summed E-state index contributed by atoms with van der Waals surface area (Å²) in [7, 11) is 3.40. The van der Waals surface area contributed by atoms with Gasteiger partial charge >= 0.3 is 0 Å². The van der Waals surface area contributed by atoms with E-state index in [0.29, 0.717) is 0 Å². The van der Waals surface area contributed by atoms with Crippen molar-refractivity contribution in [1.29, 1.82) is 0 Å². The lowest BCUT2D eigenvalue weighted by Gasteiger charge is -2.07. The van der Waals surface area contributed by atoms with Crippen LogP contribution in [-0.4, -0.2) is 24.5 Å². The summed E-state index contributed by atoms with van der Waals surface area (Å²) in [5.41, 5.74) is 2.48. The fourth-order valence-corrected chi connectivity index (χ4v) is 3.16. The smallest absolute Gasteiger partial charge is 0.119 e. The van der Waals surface area contributed by atoms with E-state index in [1.54, 1.807) is 14.2 Å². The monoisotopic (exact) mass is 315 g/mol. The molecule has 0 aliphatic carbocycles. The summed E-state index contributed by atoms with van der Waals surface area (Å²) in [4.78, 5) is 0. The Kier molecular flexibility index (Phi) is 4.48. The van der Waals surface area contributed by atoms with E-state index in [4.69, 9.17) is 9.47 Å². The van der Waals surface area contributed by atoms with Gasteiger partial charge in [-0.1, -0.05) is 0 Å². The molecule has 3 aromatic rings. The number of benzene rings is 2. The number of unbranched alkanes of at least 4 members (excludes halogenated alkanes) is 1. The van der Waals surface area contributed by atoms with Crippen LogP contribution in [0.4, 0.5) is 0 Å². The van der Waals surface area contributed by atoms with Gasteiger partial charge in [0.05, 0.1) is 14.2 Å². The molecule has 0 amide bonds. The van der Waals surface area contributed by atoms with Crippen LogP contribution in [-0.2, 0) is 6.54 Å². The summed E-state index contributed by atoms with van der Waals surface area (Å²) >= 11 is 4.31. The highest BCUT2D eigenvalue weighted by Crippen LogP contribution is 2.34. The van der Waals surface area contributed by atoms with Gasteiger partial charge in [-0.2, -0.15) is 12.6 Å². The lowest BCUT2D eigenvalue weighted by molar-refractivity contribution is 0.415. The van der Waals surface area contributed by atoms with Gasteiger partial charge in [0.1, 0.15) is 11.5 Å². The Bertz CT molecular complexity index is 733. The average molecular weight is 315 g/mol. The molecule has 0 saturated carbocycles. The largest absolute Gasteiger partial charge is 0.497 e. The molecule has 22 heavy (non-hydrogen) atoms. The average Bonchev–Trinajstić information content (AvgIpc) is 2.87. The van der Waals surface area contributed by atoms with Crippen LogP contribution in [0.1, 0.15) is 12.8 Å². The normalized spacial score (nSPS) is 11.2. The maximum Gasteiger partial charge on any atom is 0.119 e. The molecule has 116 valence electrons. The van der Waals surface area contributed by atoms with Crippen molar-refractivity contribution in [1.82, 2.24) is 4.57 Å². The van der Waals surface area contributed by atoms with Crippen molar-refractivity contribution in [2.75, 3.05) is 20.0 Å². The zero-order valence-corrected chi connectivity index (χ0v) is 13.9. The third-order valence-electron chi connectivity index (χ3n) is 4.07. The minimum Gasteiger partial charge on any atom is -0.497 e. The van der Waals surface area contributed by atoms with E-state index in [2.05, 4.69) is 41.5 Å². The highest BCUT2D eigenvalue weighted by Gasteiger charge is 2.12. The number of thiol groups is 1. The van der Waals surface area contributed by atoms with Gasteiger partial charge in [-0.25, -0.2) is 0 Å². The van der Waals surface area contributed by atoms with Crippen LogP contribution >= 0.6 is 12.6 Å². The van der Waals surface area contributed by atoms with Crippen LogP contribution < -0.4 is 9.47 Å². The third-order valence-corrected chi connectivity index (χ3v) is 4.39. The van der Waals surface area contributed by atoms with Crippen molar-refractivity contribution in [3.05, 3.63) is 36.4 Å². The van der Waals surface area contributed by atoms with E-state index in [-0.39, 0.29) is 0 Å². The van der Waals surface area contributed by atoms with Crippen molar-refractivity contribution in [2.24, 2.45) is 0 Å². The highest BCUT2D eigenvalue weighted by atomic mass is 32.1. The van der Waals surface area contributed by atoms with Gasteiger partial charge in [-0.15, -0.1) is 0 Å². The predicted octanol–water partition coefficient (Wildman–Crippen LogP) is 4.52. The number of ether oxygens (including phenoxy) is 2. The summed E-state index contributed by atoms with van der Waals surface area (Å²) in [6.07, 6.45) is 2.25. The molecule has 0 N–H and O–H groups in total. The summed E-state index contributed by atoms with van der Waals surface area (Å²) in [5.74, 6) is 2.69. The SMILES string of the molecule is COc1ccc2c(c1)c1cc(OC)ccc1n2CCCCS. The lowest BCUT2D eigenvalue weighted by atomic mass is 10.1. The molecule has 4 heteroatoms. The number of fused-ring (bicyclic) bond motifs is 3. The Balaban J connectivity index is 2.21. The molecule has 0 saturated heterocycles. The molecule has 0 radical (unpaired) electrons. The Labute approximate surface area is 136 Å². The van der Waals surface area contributed by atoms with Crippen LogP contribution in [0.15, 0.2) is 36.4 Å². The number of rotatable bonds is 6. The minimum atomic E-state index is 0.879. The van der Waals surface area contributed by atoms with Gasteiger partial charge in [0.2, 0.25) is 0 Å². The van der Waals surface area contributed by atoms with Gasteiger partial charge in [-0.05, 0) is 55.0 Å². The number of hydrogen-bond donors (Lipinski definition) is 1. The second kappa shape index (κ2) is 6.53. The van der Waals surface area contributed by atoms with Gasteiger partial charge in [0, 0.05) is 28.4 Å². The molecular weight excluding hydrogens is 294 g/mol. The molecule has 1 heterocycles. The second-order valence-electron chi connectivity index (χ2n) is 5.35. The Morgan fingerprint density at radius 3 is 1.86 bits per heavy atom. The van der Waals surface area contributed by atoms with Gasteiger partial charge in [0.15, 0.2) is 0 Å². The van der Waals surface area contributed by atoms with Crippen LogP contribution in [0.5, 0.6) is 11.5 Å². The predicted molar refractivity (Wildman–Crippen MR) is 95.6 cm³/mol. The van der Waals surface area contributed by atoms with E-state index >= 15 is 0 Å². The molecule has 0 aliphatic heterocycles. The van der Waals surface area contributed by atoms with Crippen molar-refractivity contribution in [3.63, 3.8) is 0 Å². The maximum atomic E-state index is 5.38. The second-order valence-corrected chi connectivity index (χ2v) is 5.80. The first-order valence-corrected chi connectivity index (χ1v) is 8.16. The van der Waals surface area contributed by atoms with E-state index in [9.17, 15) is 0 Å². The number of methoxy groups -OCH3 is 2. The molecular formula is C18H21NO2S. The van der Waals surface area contributed by atoms with Gasteiger partial charge in [-0.3, -0.25) is 0 Å². The summed E-state index contributed by atoms with van der Waals surface area (Å²) in [5, 5.41) is 2.42. The number of aryl methyl sites for hydroxylation is 1. The van der Waals surface area contributed by atoms with Gasteiger partial charge in [0.25, 0.3) is 0 Å². The molecule has 3 rings (SSSR count). The third kappa shape index (κ3) is 2.63. The number of hydrogen-bond acceptors (Lipinski definition) is 3. The summed E-state index contributed by atoms with van der Waals surface area (Å²) in [6, 6.07) is 12.5. The molecule has 0 unspecified atom stereocenters. The number of nitrogens with zero attached hydrogens (tertiary/aromatic N) is 1. The van der Waals surface area contributed by atoms with Crippen LogP contribution in [0.3, 0.4) is 0 Å². The highest BCUT2D eigenvalue weighted by molar-refractivity contribution is 7.80. The lowest BCUT2D eigenvalue weighted by Crippen LogP contribution is -1.98. The standard InChI is InChI=1S/C18H21NO2S/c1-20-13-5-7-17-15(11-13)16-12-14(21-2)6-8-18(16)19(17)9-3-4-10-22/h5-8,11-12,22H,3-4,9-10H2,1-2H3. The first-order chi connectivity index (χ1) is 10.8. The summed E-state index contributed by atoms with van der Waals surface area (Å²) < 4.78 is 13.2. The molecule has 0 bridgehead atoms. The van der Waals surface area contributed by atoms with Crippen molar-refractivity contribution >= 4 is 34.4 Å². The zero-order chi connectivity index (χ0) is 15.5. The Hall–Kier alpha value is -1.81. The van der Waals surface area contributed by atoms with Gasteiger partial charge < -0.3 is 14.0 Å². The fraction of sp³-hybridized carbons (Fsp3) is 0.333. The van der Waals surface area contributed by atoms with E-state index < -0.39 is 0 Å². The fourth-order valence-electron chi connectivity index (χ4n) is 2.94. The molecule has 0 aliphatic rings. The van der Waals surface area contributed by atoms with E-state index in [1.807, 2.05) is 12.1 Å². The minimum absolute atomic E-state index is 0.879. The van der Waals surface area contributed by atoms with Crippen molar-refractivity contribution in [2.45, 2.75) is 19.4 Å². The maximum absolute atomic E-state index is 5.38. The quantitative estimate of drug-likeness (QED) is 0.534. The first-order valence-electron chi connectivity index (χ1n) is 7.53. The molecule has 2 aromatic carbocycles. The van der Waals surface area contributed by atoms with Crippen molar-refractivity contribution in [3.8, 4) is 11.5 Å².